The lowest BCUT2D eigenvalue weighted by atomic mass is 9.99. The van der Waals surface area contributed by atoms with Crippen LogP contribution in [0.15, 0.2) is 0 Å². The number of piperidine rings is 1. The first-order valence-electron chi connectivity index (χ1n) is 4.45. The van der Waals surface area contributed by atoms with Gasteiger partial charge in [0.15, 0.2) is 5.82 Å². The average molecular weight is 182 g/mol. The molecule has 0 amide bonds. The number of hydrogen-bond acceptors (Lipinski definition) is 5. The van der Waals surface area contributed by atoms with Gasteiger partial charge in [-0.3, -0.25) is 0 Å². The Morgan fingerprint density at radius 1 is 1.46 bits per heavy atom. The molecule has 1 atom stereocenters. The van der Waals surface area contributed by atoms with Gasteiger partial charge in [-0.25, -0.2) is 4.68 Å². The van der Waals surface area contributed by atoms with Crippen molar-refractivity contribution in [2.75, 3.05) is 24.7 Å². The molecule has 1 saturated heterocycles. The minimum Gasteiger partial charge on any atom is -0.366 e. The van der Waals surface area contributed by atoms with Gasteiger partial charge in [-0.1, -0.05) is 0 Å². The fourth-order valence-corrected chi connectivity index (χ4v) is 1.67. The van der Waals surface area contributed by atoms with E-state index in [1.807, 2.05) is 0 Å². The second-order valence-corrected chi connectivity index (χ2v) is 3.33. The third-order valence-electron chi connectivity index (χ3n) is 2.41. The van der Waals surface area contributed by atoms with Crippen LogP contribution in [-0.2, 0) is 0 Å². The van der Waals surface area contributed by atoms with E-state index in [-0.39, 0.29) is 5.95 Å². The first-order chi connectivity index (χ1) is 6.29. The van der Waals surface area contributed by atoms with Crippen LogP contribution in [0.1, 0.15) is 24.6 Å². The molecule has 0 aromatic carbocycles. The maximum atomic E-state index is 5.67. The Balaban J connectivity index is 2.18. The topological polar surface area (TPSA) is 94.8 Å². The fourth-order valence-electron chi connectivity index (χ4n) is 1.67. The van der Waals surface area contributed by atoms with E-state index in [1.165, 1.54) is 4.68 Å². The van der Waals surface area contributed by atoms with Crippen molar-refractivity contribution in [1.29, 1.82) is 0 Å². The smallest absolute Gasteiger partial charge is 0.240 e. The van der Waals surface area contributed by atoms with Crippen molar-refractivity contribution in [1.82, 2.24) is 20.2 Å². The number of anilines is 1. The number of nitrogen functional groups attached to an aromatic ring is 2. The predicted octanol–water partition coefficient (Wildman–Crippen LogP) is -0.959. The van der Waals surface area contributed by atoms with Crippen LogP contribution in [-0.4, -0.2) is 28.0 Å². The molecule has 5 N–H and O–H groups in total. The van der Waals surface area contributed by atoms with E-state index in [0.717, 1.165) is 31.8 Å². The van der Waals surface area contributed by atoms with Crippen molar-refractivity contribution < 1.29 is 0 Å². The minimum absolute atomic E-state index is 0.278. The Hall–Kier alpha value is -1.30. The molecule has 1 aliphatic rings. The SMILES string of the molecule is Nc1nnc([C@H]2CCCNC2)n1N. The highest BCUT2D eigenvalue weighted by Gasteiger charge is 2.21. The lowest BCUT2D eigenvalue weighted by molar-refractivity contribution is 0.441. The van der Waals surface area contributed by atoms with Crippen molar-refractivity contribution in [3.63, 3.8) is 0 Å². The number of nitrogens with two attached hydrogens (primary N) is 2. The van der Waals surface area contributed by atoms with Gasteiger partial charge in [0, 0.05) is 12.5 Å². The summed E-state index contributed by atoms with van der Waals surface area (Å²) in [5, 5.41) is 11.0. The molecule has 0 saturated carbocycles. The highest BCUT2D eigenvalue weighted by Crippen LogP contribution is 2.20. The summed E-state index contributed by atoms with van der Waals surface area (Å²) in [6.07, 6.45) is 2.25. The second-order valence-electron chi connectivity index (χ2n) is 3.33. The number of aromatic nitrogens is 3. The van der Waals surface area contributed by atoms with Crippen molar-refractivity contribution in [2.45, 2.75) is 18.8 Å². The molecule has 0 bridgehead atoms. The number of rotatable bonds is 1. The largest absolute Gasteiger partial charge is 0.366 e. The zero-order valence-electron chi connectivity index (χ0n) is 7.40. The van der Waals surface area contributed by atoms with E-state index in [0.29, 0.717) is 5.92 Å². The summed E-state index contributed by atoms with van der Waals surface area (Å²) in [6, 6.07) is 0. The van der Waals surface area contributed by atoms with Crippen molar-refractivity contribution in [3.8, 4) is 0 Å². The zero-order chi connectivity index (χ0) is 9.26. The summed E-state index contributed by atoms with van der Waals surface area (Å²) >= 11 is 0. The first kappa shape index (κ1) is 8.31. The number of nitrogens with one attached hydrogen (secondary N) is 1. The van der Waals surface area contributed by atoms with E-state index < -0.39 is 0 Å². The third kappa shape index (κ3) is 1.44. The molecule has 1 aromatic rings. The monoisotopic (exact) mass is 182 g/mol. The second kappa shape index (κ2) is 3.21. The highest BCUT2D eigenvalue weighted by atomic mass is 15.4. The van der Waals surface area contributed by atoms with Gasteiger partial charge in [0.2, 0.25) is 5.95 Å². The van der Waals surface area contributed by atoms with Crippen LogP contribution >= 0.6 is 0 Å². The minimum atomic E-state index is 0.278. The molecule has 6 heteroatoms. The molecular weight excluding hydrogens is 168 g/mol. The summed E-state index contributed by atoms with van der Waals surface area (Å²) < 4.78 is 1.37. The van der Waals surface area contributed by atoms with Gasteiger partial charge in [-0.15, -0.1) is 10.2 Å². The molecule has 0 unspecified atom stereocenters. The maximum Gasteiger partial charge on any atom is 0.240 e. The summed E-state index contributed by atoms with van der Waals surface area (Å²) in [5.74, 6) is 7.08. The lowest BCUT2D eigenvalue weighted by Crippen LogP contribution is -2.31. The molecule has 0 spiro atoms. The molecule has 0 radical (unpaired) electrons. The Morgan fingerprint density at radius 2 is 2.31 bits per heavy atom. The fraction of sp³-hybridized carbons (Fsp3) is 0.714. The van der Waals surface area contributed by atoms with Crippen LogP contribution in [0, 0.1) is 0 Å². The number of nitrogens with zero attached hydrogens (tertiary/aromatic N) is 3. The van der Waals surface area contributed by atoms with E-state index >= 15 is 0 Å². The molecule has 1 fully saturated rings. The summed E-state index contributed by atoms with van der Waals surface area (Å²) in [5.41, 5.74) is 5.49. The van der Waals surface area contributed by atoms with Crippen molar-refractivity contribution >= 4 is 5.95 Å². The normalized spacial score (nSPS) is 23.2. The van der Waals surface area contributed by atoms with Gasteiger partial charge < -0.3 is 16.9 Å². The molecule has 1 aromatic heterocycles. The Bertz CT molecular complexity index is 287. The summed E-state index contributed by atoms with van der Waals surface area (Å²) in [7, 11) is 0. The highest BCUT2D eigenvalue weighted by molar-refractivity contribution is 5.19. The van der Waals surface area contributed by atoms with Gasteiger partial charge in [0.1, 0.15) is 0 Å². The third-order valence-corrected chi connectivity index (χ3v) is 2.41. The predicted molar refractivity (Wildman–Crippen MR) is 49.4 cm³/mol. The Kier molecular flexibility index (Phi) is 2.05. The first-order valence-corrected chi connectivity index (χ1v) is 4.45. The molecule has 2 heterocycles. The number of hydrogen-bond donors (Lipinski definition) is 3. The molecule has 13 heavy (non-hydrogen) atoms. The molecule has 2 rings (SSSR count). The van der Waals surface area contributed by atoms with Gasteiger partial charge in [-0.05, 0) is 19.4 Å². The van der Waals surface area contributed by atoms with E-state index in [9.17, 15) is 0 Å². The average Bonchev–Trinajstić information content (AvgIpc) is 2.49. The summed E-state index contributed by atoms with van der Waals surface area (Å²) in [4.78, 5) is 0. The molecule has 0 aliphatic carbocycles. The van der Waals surface area contributed by atoms with E-state index in [1.54, 1.807) is 0 Å². The van der Waals surface area contributed by atoms with E-state index in [4.69, 9.17) is 11.6 Å². The molecule has 72 valence electrons. The van der Waals surface area contributed by atoms with Crippen LogP contribution in [0.5, 0.6) is 0 Å². The quantitative estimate of drug-likeness (QED) is 0.486. The van der Waals surface area contributed by atoms with Crippen molar-refractivity contribution in [3.05, 3.63) is 5.82 Å². The standard InChI is InChI=1S/C7H14N6/c8-7-12-11-6(13(7)9)5-2-1-3-10-4-5/h5,10H,1-4,9H2,(H2,8,12)/t5-/m0/s1. The zero-order valence-corrected chi connectivity index (χ0v) is 7.40. The lowest BCUT2D eigenvalue weighted by Gasteiger charge is -2.21. The van der Waals surface area contributed by atoms with Gasteiger partial charge in [0.25, 0.3) is 0 Å². The van der Waals surface area contributed by atoms with Crippen LogP contribution < -0.4 is 16.9 Å². The molecular formula is C7H14N6. The Labute approximate surface area is 76.3 Å². The van der Waals surface area contributed by atoms with Crippen LogP contribution in [0.25, 0.3) is 0 Å². The Morgan fingerprint density at radius 3 is 2.85 bits per heavy atom. The molecule has 1 aliphatic heterocycles. The van der Waals surface area contributed by atoms with Crippen LogP contribution in [0.3, 0.4) is 0 Å². The van der Waals surface area contributed by atoms with Crippen LogP contribution in [0.4, 0.5) is 5.95 Å². The van der Waals surface area contributed by atoms with Gasteiger partial charge >= 0.3 is 0 Å². The maximum absolute atomic E-state index is 5.67. The van der Waals surface area contributed by atoms with E-state index in [2.05, 4.69) is 15.5 Å². The van der Waals surface area contributed by atoms with Crippen LogP contribution in [0.2, 0.25) is 0 Å². The summed E-state index contributed by atoms with van der Waals surface area (Å²) in [6.45, 7) is 1.99. The molecule has 6 nitrogen and oxygen atoms in total. The van der Waals surface area contributed by atoms with Gasteiger partial charge in [-0.2, -0.15) is 0 Å². The van der Waals surface area contributed by atoms with Crippen molar-refractivity contribution in [2.24, 2.45) is 0 Å². The van der Waals surface area contributed by atoms with Gasteiger partial charge in [0.05, 0.1) is 0 Å².